The molecule has 0 saturated carbocycles. The highest BCUT2D eigenvalue weighted by Gasteiger charge is 2.18. The summed E-state index contributed by atoms with van der Waals surface area (Å²) in [6.07, 6.45) is 0. The molecular formula is C13H11BrN2O4S. The molecule has 0 atom stereocenters. The maximum Gasteiger partial charge on any atom is 0.354 e. The normalized spacial score (nSPS) is 11.1. The van der Waals surface area contributed by atoms with Crippen LogP contribution in [-0.4, -0.2) is 24.5 Å². The number of sulfonamides is 1. The molecule has 0 unspecified atom stereocenters. The van der Waals surface area contributed by atoms with Crippen molar-refractivity contribution in [3.8, 4) is 0 Å². The lowest BCUT2D eigenvalue weighted by Gasteiger charge is -2.10. The first-order chi connectivity index (χ1) is 9.79. The molecule has 6 nitrogen and oxygen atoms in total. The number of pyridine rings is 1. The Kier molecular flexibility index (Phi) is 4.29. The van der Waals surface area contributed by atoms with Crippen LogP contribution in [0.25, 0.3) is 0 Å². The first kappa shape index (κ1) is 15.5. The fourth-order valence-corrected chi connectivity index (χ4v) is 3.45. The number of halogens is 1. The average molecular weight is 371 g/mol. The lowest BCUT2D eigenvalue weighted by Crippen LogP contribution is -2.16. The Bertz CT molecular complexity index is 806. The van der Waals surface area contributed by atoms with Crippen molar-refractivity contribution in [2.24, 2.45) is 0 Å². The van der Waals surface area contributed by atoms with Gasteiger partial charge >= 0.3 is 5.97 Å². The Hall–Kier alpha value is -1.93. The number of carboxylic acids is 1. The zero-order valence-electron chi connectivity index (χ0n) is 10.9. The van der Waals surface area contributed by atoms with Gasteiger partial charge in [0, 0.05) is 4.47 Å². The highest BCUT2D eigenvalue weighted by molar-refractivity contribution is 9.10. The number of nitrogens with zero attached hydrogens (tertiary/aromatic N) is 1. The molecule has 0 aliphatic carbocycles. The van der Waals surface area contributed by atoms with E-state index in [1.165, 1.54) is 24.3 Å². The van der Waals surface area contributed by atoms with Crippen molar-refractivity contribution in [3.05, 3.63) is 52.1 Å². The summed E-state index contributed by atoms with van der Waals surface area (Å²) in [5.41, 5.74) is 0.334. The maximum absolute atomic E-state index is 12.3. The molecule has 2 aromatic rings. The molecular weight excluding hydrogens is 360 g/mol. The monoisotopic (exact) mass is 370 g/mol. The quantitative estimate of drug-likeness (QED) is 0.862. The summed E-state index contributed by atoms with van der Waals surface area (Å²) in [7, 11) is -3.84. The van der Waals surface area contributed by atoms with Gasteiger partial charge < -0.3 is 5.11 Å². The van der Waals surface area contributed by atoms with Crippen molar-refractivity contribution < 1.29 is 18.3 Å². The van der Waals surface area contributed by atoms with Gasteiger partial charge in [-0.2, -0.15) is 0 Å². The van der Waals surface area contributed by atoms with Crippen molar-refractivity contribution in [2.45, 2.75) is 11.8 Å². The van der Waals surface area contributed by atoms with E-state index in [1.54, 1.807) is 19.1 Å². The van der Waals surface area contributed by atoms with Crippen LogP contribution in [0.15, 0.2) is 45.8 Å². The Morgan fingerprint density at radius 1 is 1.29 bits per heavy atom. The molecule has 110 valence electrons. The minimum absolute atomic E-state index is 0.0470. The zero-order valence-corrected chi connectivity index (χ0v) is 13.3. The Morgan fingerprint density at radius 2 is 2.00 bits per heavy atom. The highest BCUT2D eigenvalue weighted by atomic mass is 79.9. The molecule has 0 saturated heterocycles. The van der Waals surface area contributed by atoms with E-state index in [-0.39, 0.29) is 16.4 Å². The minimum Gasteiger partial charge on any atom is -0.477 e. The van der Waals surface area contributed by atoms with E-state index in [2.05, 4.69) is 25.6 Å². The zero-order chi connectivity index (χ0) is 15.6. The number of nitrogens with one attached hydrogen (secondary N) is 1. The third-order valence-electron chi connectivity index (χ3n) is 2.65. The van der Waals surface area contributed by atoms with Gasteiger partial charge in [-0.05, 0) is 36.8 Å². The van der Waals surface area contributed by atoms with Crippen molar-refractivity contribution in [1.82, 2.24) is 4.98 Å². The number of carboxylic acid groups (broad SMARTS) is 1. The molecule has 8 heteroatoms. The second-order valence-electron chi connectivity index (χ2n) is 4.23. The molecule has 1 aromatic heterocycles. The van der Waals surface area contributed by atoms with E-state index in [1.807, 2.05) is 0 Å². The van der Waals surface area contributed by atoms with Gasteiger partial charge in [0.05, 0.1) is 4.90 Å². The van der Waals surface area contributed by atoms with Gasteiger partial charge in [0.15, 0.2) is 5.69 Å². The van der Waals surface area contributed by atoms with Crippen molar-refractivity contribution in [1.29, 1.82) is 0 Å². The van der Waals surface area contributed by atoms with Crippen LogP contribution in [0.4, 0.5) is 5.82 Å². The minimum atomic E-state index is -3.84. The van der Waals surface area contributed by atoms with Crippen LogP contribution in [0.3, 0.4) is 0 Å². The number of hydrogen-bond acceptors (Lipinski definition) is 4. The van der Waals surface area contributed by atoms with Crippen LogP contribution in [-0.2, 0) is 10.0 Å². The van der Waals surface area contributed by atoms with Crippen LogP contribution in [0.2, 0.25) is 0 Å². The summed E-state index contributed by atoms with van der Waals surface area (Å²) in [6, 6.07) is 8.96. The van der Waals surface area contributed by atoms with Gasteiger partial charge in [-0.15, -0.1) is 0 Å². The van der Waals surface area contributed by atoms with Gasteiger partial charge in [0.25, 0.3) is 10.0 Å². The summed E-state index contributed by atoms with van der Waals surface area (Å²) in [6.45, 7) is 1.67. The van der Waals surface area contributed by atoms with E-state index in [9.17, 15) is 13.2 Å². The van der Waals surface area contributed by atoms with Gasteiger partial charge in [-0.25, -0.2) is 18.2 Å². The number of benzene rings is 1. The topological polar surface area (TPSA) is 96.4 Å². The fraction of sp³-hybridized carbons (Fsp3) is 0.0769. The summed E-state index contributed by atoms with van der Waals surface area (Å²) in [4.78, 5) is 14.7. The SMILES string of the molecule is Cc1ccc(Br)cc1S(=O)(=O)Nc1cccc(C(=O)O)n1. The molecule has 2 rings (SSSR count). The van der Waals surface area contributed by atoms with Crippen LogP contribution in [0.1, 0.15) is 16.1 Å². The number of aryl methyl sites for hydroxylation is 1. The molecule has 0 amide bonds. The summed E-state index contributed by atoms with van der Waals surface area (Å²) >= 11 is 3.22. The van der Waals surface area contributed by atoms with Crippen molar-refractivity contribution in [3.63, 3.8) is 0 Å². The average Bonchev–Trinajstić information content (AvgIpc) is 2.41. The number of rotatable bonds is 4. The molecule has 1 heterocycles. The van der Waals surface area contributed by atoms with Crippen LogP contribution in [0.5, 0.6) is 0 Å². The van der Waals surface area contributed by atoms with Gasteiger partial charge in [-0.1, -0.05) is 28.1 Å². The summed E-state index contributed by atoms with van der Waals surface area (Å²) in [5, 5.41) is 8.86. The largest absolute Gasteiger partial charge is 0.477 e. The maximum atomic E-state index is 12.3. The number of anilines is 1. The van der Waals surface area contributed by atoms with Gasteiger partial charge in [0.2, 0.25) is 0 Å². The van der Waals surface area contributed by atoms with Crippen LogP contribution < -0.4 is 4.72 Å². The number of aromatic nitrogens is 1. The molecule has 2 N–H and O–H groups in total. The number of hydrogen-bond donors (Lipinski definition) is 2. The second-order valence-corrected chi connectivity index (χ2v) is 6.80. The standard InChI is InChI=1S/C13H11BrN2O4S/c1-8-5-6-9(14)7-11(8)21(19,20)16-12-4-2-3-10(15-12)13(17)18/h2-7H,1H3,(H,15,16)(H,17,18). The van der Waals surface area contributed by atoms with Crippen LogP contribution >= 0.6 is 15.9 Å². The Morgan fingerprint density at radius 3 is 2.67 bits per heavy atom. The van der Waals surface area contributed by atoms with Crippen molar-refractivity contribution in [2.75, 3.05) is 4.72 Å². The summed E-state index contributed by atoms with van der Waals surface area (Å²) in [5.74, 6) is -1.27. The molecule has 21 heavy (non-hydrogen) atoms. The van der Waals surface area contributed by atoms with Crippen molar-refractivity contribution >= 4 is 37.7 Å². The van der Waals surface area contributed by atoms with E-state index in [0.717, 1.165) is 0 Å². The smallest absolute Gasteiger partial charge is 0.354 e. The molecule has 0 radical (unpaired) electrons. The number of aromatic carboxylic acids is 1. The molecule has 0 aliphatic heterocycles. The predicted octanol–water partition coefficient (Wildman–Crippen LogP) is 2.65. The Balaban J connectivity index is 2.40. The third-order valence-corrected chi connectivity index (χ3v) is 4.64. The number of carbonyl (C=O) groups is 1. The predicted molar refractivity (Wildman–Crippen MR) is 80.9 cm³/mol. The van der Waals surface area contributed by atoms with E-state index < -0.39 is 16.0 Å². The first-order valence-corrected chi connectivity index (χ1v) is 8.06. The Labute approximate surface area is 130 Å². The molecule has 1 aromatic carbocycles. The molecule has 0 fully saturated rings. The second kappa shape index (κ2) is 5.82. The third kappa shape index (κ3) is 3.59. The van der Waals surface area contributed by atoms with E-state index in [4.69, 9.17) is 5.11 Å². The molecule has 0 bridgehead atoms. The van der Waals surface area contributed by atoms with Gasteiger partial charge in [0.1, 0.15) is 5.82 Å². The van der Waals surface area contributed by atoms with Crippen LogP contribution in [0, 0.1) is 6.92 Å². The molecule has 0 aliphatic rings. The lowest BCUT2D eigenvalue weighted by atomic mass is 10.2. The van der Waals surface area contributed by atoms with E-state index in [0.29, 0.717) is 10.0 Å². The summed E-state index contributed by atoms with van der Waals surface area (Å²) < 4.78 is 27.6. The van der Waals surface area contributed by atoms with E-state index >= 15 is 0 Å². The lowest BCUT2D eigenvalue weighted by molar-refractivity contribution is 0.0690. The fourth-order valence-electron chi connectivity index (χ4n) is 1.67. The highest BCUT2D eigenvalue weighted by Crippen LogP contribution is 2.22. The van der Waals surface area contributed by atoms with Gasteiger partial charge in [-0.3, -0.25) is 4.72 Å². The molecule has 0 spiro atoms. The first-order valence-electron chi connectivity index (χ1n) is 5.79.